The number of ether oxygens (including phenoxy) is 1. The zero-order valence-electron chi connectivity index (χ0n) is 22.6. The third kappa shape index (κ3) is 7.43. The first-order valence-corrected chi connectivity index (χ1v) is 13.4. The topological polar surface area (TPSA) is 26.3 Å². The number of hydrogen-bond donors (Lipinski definition) is 0. The number of carbonyl (C=O) groups excluding carboxylic acids is 1. The van der Waals surface area contributed by atoms with E-state index in [0.29, 0.717) is 11.1 Å². The maximum atomic E-state index is 14.0. The number of halogens is 16. The number of hydrogen-bond acceptors (Lipinski definition) is 3. The minimum absolute atomic E-state index is 0.0114. The Labute approximate surface area is 257 Å². The molecule has 0 spiro atoms. The molecular formula is C28H16F16O2S. The second kappa shape index (κ2) is 12.8. The van der Waals surface area contributed by atoms with E-state index in [1.165, 1.54) is 36.4 Å². The Kier molecular flexibility index (Phi) is 10.3. The molecule has 0 fully saturated rings. The highest BCUT2D eigenvalue weighted by atomic mass is 32.2. The summed E-state index contributed by atoms with van der Waals surface area (Å²) in [4.78, 5) is 12.3. The fourth-order valence-electron chi connectivity index (χ4n) is 3.68. The van der Waals surface area contributed by atoms with Crippen molar-refractivity contribution in [1.29, 1.82) is 0 Å². The van der Waals surface area contributed by atoms with Gasteiger partial charge in [-0.05, 0) is 59.7 Å². The molecule has 0 aliphatic rings. The maximum absolute atomic E-state index is 14.0. The van der Waals surface area contributed by atoms with Crippen molar-refractivity contribution in [2.24, 2.45) is 0 Å². The number of rotatable bonds is 11. The molecule has 0 radical (unpaired) electrons. The van der Waals surface area contributed by atoms with Gasteiger partial charge in [-0.15, -0.1) is 11.8 Å². The van der Waals surface area contributed by atoms with Crippen molar-refractivity contribution < 1.29 is 79.8 Å². The first-order chi connectivity index (χ1) is 21.3. The number of benzene rings is 3. The predicted octanol–water partition coefficient (Wildman–Crippen LogP) is 10.8. The average Bonchev–Trinajstić information content (AvgIpc) is 2.96. The Hall–Kier alpha value is -3.64. The molecule has 2 nitrogen and oxygen atoms in total. The predicted molar refractivity (Wildman–Crippen MR) is 134 cm³/mol. The lowest BCUT2D eigenvalue weighted by Crippen LogP contribution is -2.70. The normalized spacial score (nSPS) is 13.9. The quantitative estimate of drug-likeness (QED) is 0.0854. The SMILES string of the molecule is O=C(Oc1ccc(-c2ccc(C(F)(F)F)cc2)cc1)c1ccc(SCCC(F)(F)C(F)(F)C(F)(F)C(F)(F)C(F)(F)C(F)(F)F)cc1. The summed E-state index contributed by atoms with van der Waals surface area (Å²) in [7, 11) is 0. The molecule has 0 N–H and O–H groups in total. The summed E-state index contributed by atoms with van der Waals surface area (Å²) >= 11 is 0.229. The standard InChI is InChI=1S/C28H16F16O2S/c29-22(30,24(34,35)25(36,37)26(38,39)27(40,41)28(42,43)44)13-14-47-20-11-5-17(6-12-20)21(45)46-19-9-3-16(4-10-19)15-1-7-18(8-2-15)23(31,32)33/h1-12H,13-14H2. The van der Waals surface area contributed by atoms with Gasteiger partial charge in [-0.2, -0.15) is 70.2 Å². The molecule has 3 aromatic rings. The van der Waals surface area contributed by atoms with Gasteiger partial charge in [0.15, 0.2) is 0 Å². The third-order valence-electron chi connectivity index (χ3n) is 6.38. The van der Waals surface area contributed by atoms with E-state index in [9.17, 15) is 75.0 Å². The van der Waals surface area contributed by atoms with E-state index in [0.717, 1.165) is 36.4 Å². The molecule has 3 rings (SSSR count). The Balaban J connectivity index is 1.61. The largest absolute Gasteiger partial charge is 0.460 e. The molecule has 0 heterocycles. The first kappa shape index (κ1) is 37.8. The monoisotopic (exact) mass is 720 g/mol. The van der Waals surface area contributed by atoms with Gasteiger partial charge in [0.05, 0.1) is 11.1 Å². The molecule has 19 heteroatoms. The molecule has 3 aromatic carbocycles. The van der Waals surface area contributed by atoms with Crippen LogP contribution in [-0.4, -0.2) is 47.5 Å². The maximum Gasteiger partial charge on any atom is 0.460 e. The van der Waals surface area contributed by atoms with Crippen molar-refractivity contribution in [2.45, 2.75) is 53.3 Å². The van der Waals surface area contributed by atoms with Crippen LogP contribution in [0.4, 0.5) is 70.2 Å². The zero-order chi connectivity index (χ0) is 35.9. The number of thioether (sulfide) groups is 1. The van der Waals surface area contributed by atoms with Crippen molar-refractivity contribution >= 4 is 17.7 Å². The highest BCUT2D eigenvalue weighted by molar-refractivity contribution is 7.99. The highest BCUT2D eigenvalue weighted by Gasteiger charge is 2.90. The van der Waals surface area contributed by atoms with Crippen molar-refractivity contribution in [2.75, 3.05) is 5.75 Å². The van der Waals surface area contributed by atoms with Gasteiger partial charge in [-0.1, -0.05) is 24.3 Å². The summed E-state index contributed by atoms with van der Waals surface area (Å²) in [5.41, 5.74) is -0.133. The molecule has 47 heavy (non-hydrogen) atoms. The van der Waals surface area contributed by atoms with Gasteiger partial charge in [-0.25, -0.2) is 4.79 Å². The number of alkyl halides is 16. The van der Waals surface area contributed by atoms with Crippen LogP contribution >= 0.6 is 11.8 Å². The van der Waals surface area contributed by atoms with E-state index in [-0.39, 0.29) is 28.0 Å². The lowest BCUT2D eigenvalue weighted by Gasteiger charge is -2.39. The van der Waals surface area contributed by atoms with Gasteiger partial charge in [-0.3, -0.25) is 0 Å². The van der Waals surface area contributed by atoms with Crippen LogP contribution in [0.3, 0.4) is 0 Å². The van der Waals surface area contributed by atoms with Crippen LogP contribution in [0.2, 0.25) is 0 Å². The lowest BCUT2D eigenvalue weighted by molar-refractivity contribution is -0.439. The Morgan fingerprint density at radius 1 is 0.553 bits per heavy atom. The molecule has 0 aliphatic heterocycles. The van der Waals surface area contributed by atoms with E-state index >= 15 is 0 Å². The van der Waals surface area contributed by atoms with E-state index in [2.05, 4.69) is 0 Å². The Bertz CT molecular complexity index is 1530. The molecular weight excluding hydrogens is 704 g/mol. The van der Waals surface area contributed by atoms with Crippen molar-refractivity contribution in [3.63, 3.8) is 0 Å². The zero-order valence-corrected chi connectivity index (χ0v) is 23.4. The lowest BCUT2D eigenvalue weighted by atomic mass is 9.93. The van der Waals surface area contributed by atoms with E-state index < -0.39 is 65.7 Å². The fraction of sp³-hybridized carbons (Fsp3) is 0.321. The van der Waals surface area contributed by atoms with Gasteiger partial charge in [0.25, 0.3) is 0 Å². The van der Waals surface area contributed by atoms with E-state index in [1.807, 2.05) is 0 Å². The van der Waals surface area contributed by atoms with Crippen molar-refractivity contribution in [1.82, 2.24) is 0 Å². The average molecular weight is 720 g/mol. The van der Waals surface area contributed by atoms with E-state index in [4.69, 9.17) is 4.74 Å². The van der Waals surface area contributed by atoms with Crippen LogP contribution in [-0.2, 0) is 6.18 Å². The molecule has 0 saturated heterocycles. The van der Waals surface area contributed by atoms with Crippen LogP contribution in [0.25, 0.3) is 11.1 Å². The van der Waals surface area contributed by atoms with Gasteiger partial charge in [0.2, 0.25) is 0 Å². The molecule has 0 atom stereocenters. The van der Waals surface area contributed by atoms with Crippen molar-refractivity contribution in [3.8, 4) is 16.9 Å². The van der Waals surface area contributed by atoms with Crippen LogP contribution in [0.1, 0.15) is 22.3 Å². The second-order valence-electron chi connectivity index (χ2n) is 9.61. The summed E-state index contributed by atoms with van der Waals surface area (Å²) in [6, 6.07) is 13.9. The molecule has 0 aliphatic carbocycles. The molecule has 258 valence electrons. The van der Waals surface area contributed by atoms with Crippen LogP contribution in [0.5, 0.6) is 5.75 Å². The summed E-state index contributed by atoms with van der Waals surface area (Å²) in [5, 5.41) is 0. The van der Waals surface area contributed by atoms with E-state index in [1.54, 1.807) is 0 Å². The van der Waals surface area contributed by atoms with Crippen molar-refractivity contribution in [3.05, 3.63) is 83.9 Å². The van der Waals surface area contributed by atoms with Gasteiger partial charge in [0.1, 0.15) is 5.75 Å². The fourth-order valence-corrected chi connectivity index (χ4v) is 4.60. The number of carbonyl (C=O) groups is 1. The third-order valence-corrected chi connectivity index (χ3v) is 7.40. The summed E-state index contributed by atoms with van der Waals surface area (Å²) in [6.45, 7) is 0. The Morgan fingerprint density at radius 3 is 1.45 bits per heavy atom. The molecule has 0 aromatic heterocycles. The van der Waals surface area contributed by atoms with Crippen LogP contribution in [0.15, 0.2) is 77.7 Å². The summed E-state index contributed by atoms with van der Waals surface area (Å²) < 4.78 is 215. The summed E-state index contributed by atoms with van der Waals surface area (Å²) in [6.07, 6.45) is -14.4. The molecule has 0 saturated carbocycles. The van der Waals surface area contributed by atoms with Crippen LogP contribution in [0, 0.1) is 0 Å². The minimum atomic E-state index is -7.96. The van der Waals surface area contributed by atoms with Gasteiger partial charge < -0.3 is 4.74 Å². The van der Waals surface area contributed by atoms with Crippen LogP contribution < -0.4 is 4.74 Å². The second-order valence-corrected chi connectivity index (χ2v) is 10.8. The molecule has 0 bridgehead atoms. The van der Waals surface area contributed by atoms with Gasteiger partial charge >= 0.3 is 47.9 Å². The number of esters is 1. The molecule has 0 amide bonds. The first-order valence-electron chi connectivity index (χ1n) is 12.4. The highest BCUT2D eigenvalue weighted by Crippen LogP contribution is 2.60. The minimum Gasteiger partial charge on any atom is -0.423 e. The van der Waals surface area contributed by atoms with Gasteiger partial charge in [0, 0.05) is 17.1 Å². The Morgan fingerprint density at radius 2 is 1.00 bits per heavy atom. The smallest absolute Gasteiger partial charge is 0.423 e. The molecule has 0 unspecified atom stereocenters. The summed E-state index contributed by atoms with van der Waals surface area (Å²) in [5.74, 6) is -39.4.